The van der Waals surface area contributed by atoms with Crippen molar-refractivity contribution in [2.45, 2.75) is 90.4 Å². The molecule has 2 aliphatic carbocycles. The summed E-state index contributed by atoms with van der Waals surface area (Å²) < 4.78 is 11.5. The molecule has 0 bridgehead atoms. The van der Waals surface area contributed by atoms with Gasteiger partial charge in [0, 0.05) is 12.3 Å². The van der Waals surface area contributed by atoms with Crippen molar-refractivity contribution in [1.82, 2.24) is 0 Å². The van der Waals surface area contributed by atoms with Crippen molar-refractivity contribution in [2.75, 3.05) is 0 Å². The maximum absolute atomic E-state index is 12.5. The number of carbonyl (C=O) groups excluding carboxylic acids is 2. The number of rotatable bonds is 6. The Morgan fingerprint density at radius 3 is 2.82 bits per heavy atom. The molecule has 0 aromatic carbocycles. The normalized spacial score (nSPS) is 39.0. The molecule has 0 amide bonds. The number of aliphatic hydroxyl groups is 1. The van der Waals surface area contributed by atoms with Crippen molar-refractivity contribution in [1.29, 1.82) is 0 Å². The van der Waals surface area contributed by atoms with Gasteiger partial charge in [-0.25, -0.2) is 0 Å². The van der Waals surface area contributed by atoms with Gasteiger partial charge in [0.05, 0.1) is 18.4 Å². The smallest absolute Gasteiger partial charge is 0.308 e. The van der Waals surface area contributed by atoms with E-state index in [1.165, 1.54) is 0 Å². The van der Waals surface area contributed by atoms with Crippen LogP contribution in [0.1, 0.15) is 72.1 Å². The third kappa shape index (κ3) is 4.97. The minimum Gasteiger partial charge on any atom is -0.462 e. The highest BCUT2D eigenvalue weighted by Crippen LogP contribution is 2.46. The molecule has 2 fully saturated rings. The number of cyclic esters (lactones) is 1. The van der Waals surface area contributed by atoms with Crippen LogP contribution in [0.2, 0.25) is 0 Å². The van der Waals surface area contributed by atoms with Gasteiger partial charge in [0.2, 0.25) is 0 Å². The van der Waals surface area contributed by atoms with Gasteiger partial charge in [-0.05, 0) is 56.3 Å². The second-order valence-corrected chi connectivity index (χ2v) is 9.15. The molecule has 3 rings (SSSR count). The fourth-order valence-electron chi connectivity index (χ4n) is 5.29. The van der Waals surface area contributed by atoms with Crippen LogP contribution in [0.5, 0.6) is 0 Å². The summed E-state index contributed by atoms with van der Waals surface area (Å²) in [5.74, 6) is 1.19. The Balaban J connectivity index is 1.68. The minimum absolute atomic E-state index is 0.0165. The van der Waals surface area contributed by atoms with Crippen molar-refractivity contribution in [2.24, 2.45) is 29.6 Å². The third-order valence-corrected chi connectivity index (χ3v) is 7.12. The molecule has 1 aliphatic heterocycles. The van der Waals surface area contributed by atoms with Crippen LogP contribution in [-0.4, -0.2) is 35.4 Å². The standard InChI is InChI=1S/C23H36O5/c1-4-14(2)23(26)28-20-7-5-6-16-9-8-15(3)19(22(16)20)11-10-18-12-17(24)13-21(25)27-18/h8-9,14-20,22,24H,4-7,10-13H2,1-3H3/t14-,15-,16+,17+,18+,19-,20-,22-/m0/s1. The number of hydrogen-bond donors (Lipinski definition) is 1. The predicted octanol–water partition coefficient (Wildman–Crippen LogP) is 4.03. The monoisotopic (exact) mass is 392 g/mol. The van der Waals surface area contributed by atoms with E-state index in [0.29, 0.717) is 30.1 Å². The van der Waals surface area contributed by atoms with E-state index >= 15 is 0 Å². The lowest BCUT2D eigenvalue weighted by molar-refractivity contribution is -0.164. The molecule has 5 heteroatoms. The number of allylic oxidation sites excluding steroid dienone is 2. The first-order valence-corrected chi connectivity index (χ1v) is 11.1. The zero-order valence-corrected chi connectivity index (χ0v) is 17.5. The Morgan fingerprint density at radius 1 is 1.32 bits per heavy atom. The highest BCUT2D eigenvalue weighted by atomic mass is 16.5. The predicted molar refractivity (Wildman–Crippen MR) is 106 cm³/mol. The molecule has 0 spiro atoms. The van der Waals surface area contributed by atoms with E-state index in [0.717, 1.165) is 38.5 Å². The fraction of sp³-hybridized carbons (Fsp3) is 0.826. The van der Waals surface area contributed by atoms with E-state index in [2.05, 4.69) is 19.1 Å². The fourth-order valence-corrected chi connectivity index (χ4v) is 5.29. The number of esters is 2. The largest absolute Gasteiger partial charge is 0.462 e. The topological polar surface area (TPSA) is 72.8 Å². The van der Waals surface area contributed by atoms with E-state index in [1.54, 1.807) is 0 Å². The average Bonchev–Trinajstić information content (AvgIpc) is 2.66. The van der Waals surface area contributed by atoms with E-state index in [4.69, 9.17) is 9.47 Å². The highest BCUT2D eigenvalue weighted by Gasteiger charge is 2.43. The van der Waals surface area contributed by atoms with Gasteiger partial charge in [0.15, 0.2) is 0 Å². The Morgan fingerprint density at radius 2 is 2.11 bits per heavy atom. The molecule has 1 saturated carbocycles. The lowest BCUT2D eigenvalue weighted by atomic mass is 9.62. The highest BCUT2D eigenvalue weighted by molar-refractivity contribution is 5.72. The molecular formula is C23H36O5. The molecule has 0 aromatic rings. The SMILES string of the molecule is CC[C@H](C)C(=O)O[C@H]1CCC[C@@H]2C=C[C@H](C)[C@H](CC[C@@H]3C[C@@H](O)CC(=O)O3)[C@@H]12. The Bertz CT molecular complexity index is 586. The van der Waals surface area contributed by atoms with Gasteiger partial charge < -0.3 is 14.6 Å². The lowest BCUT2D eigenvalue weighted by Gasteiger charge is -2.46. The lowest BCUT2D eigenvalue weighted by Crippen LogP contribution is -2.44. The summed E-state index contributed by atoms with van der Waals surface area (Å²) in [6.07, 6.45) is 10.2. The molecule has 1 saturated heterocycles. The molecule has 5 nitrogen and oxygen atoms in total. The van der Waals surface area contributed by atoms with Crippen LogP contribution in [0.15, 0.2) is 12.2 Å². The van der Waals surface area contributed by atoms with Gasteiger partial charge in [-0.15, -0.1) is 0 Å². The molecule has 1 heterocycles. The second kappa shape index (κ2) is 9.43. The molecule has 3 aliphatic rings. The maximum Gasteiger partial charge on any atom is 0.308 e. The van der Waals surface area contributed by atoms with E-state index in [-0.39, 0.29) is 36.5 Å². The summed E-state index contributed by atoms with van der Waals surface area (Å²) in [5, 5.41) is 9.87. The van der Waals surface area contributed by atoms with E-state index in [9.17, 15) is 14.7 Å². The Hall–Kier alpha value is -1.36. The van der Waals surface area contributed by atoms with Crippen molar-refractivity contribution in [3.63, 3.8) is 0 Å². The molecule has 8 atom stereocenters. The number of fused-ring (bicyclic) bond motifs is 1. The number of ether oxygens (including phenoxy) is 2. The molecule has 0 aromatic heterocycles. The summed E-state index contributed by atoms with van der Waals surface area (Å²) >= 11 is 0. The Labute approximate surface area is 168 Å². The van der Waals surface area contributed by atoms with Gasteiger partial charge in [-0.1, -0.05) is 32.9 Å². The van der Waals surface area contributed by atoms with Crippen LogP contribution in [0.3, 0.4) is 0 Å². The molecule has 0 radical (unpaired) electrons. The van der Waals surface area contributed by atoms with Crippen molar-refractivity contribution in [3.8, 4) is 0 Å². The van der Waals surface area contributed by atoms with Gasteiger partial charge in [-0.3, -0.25) is 9.59 Å². The van der Waals surface area contributed by atoms with Crippen molar-refractivity contribution >= 4 is 11.9 Å². The van der Waals surface area contributed by atoms with Crippen LogP contribution in [0, 0.1) is 29.6 Å². The number of carbonyl (C=O) groups is 2. The molecule has 0 unspecified atom stereocenters. The van der Waals surface area contributed by atoms with Crippen molar-refractivity contribution < 1.29 is 24.2 Å². The van der Waals surface area contributed by atoms with Gasteiger partial charge in [0.25, 0.3) is 0 Å². The summed E-state index contributed by atoms with van der Waals surface area (Å²) in [7, 11) is 0. The van der Waals surface area contributed by atoms with Gasteiger partial charge in [0.1, 0.15) is 12.2 Å². The summed E-state index contributed by atoms with van der Waals surface area (Å²) in [6.45, 7) is 6.19. The zero-order valence-electron chi connectivity index (χ0n) is 17.5. The second-order valence-electron chi connectivity index (χ2n) is 9.15. The maximum atomic E-state index is 12.5. The van der Waals surface area contributed by atoms with Gasteiger partial charge >= 0.3 is 11.9 Å². The zero-order chi connectivity index (χ0) is 20.3. The van der Waals surface area contributed by atoms with Crippen LogP contribution in [0.25, 0.3) is 0 Å². The van der Waals surface area contributed by atoms with E-state index in [1.807, 2.05) is 13.8 Å². The number of hydrogen-bond acceptors (Lipinski definition) is 5. The van der Waals surface area contributed by atoms with Crippen LogP contribution >= 0.6 is 0 Å². The summed E-state index contributed by atoms with van der Waals surface area (Å²) in [6, 6.07) is 0. The molecule has 28 heavy (non-hydrogen) atoms. The first-order valence-electron chi connectivity index (χ1n) is 11.1. The molecule has 158 valence electrons. The minimum atomic E-state index is -0.582. The van der Waals surface area contributed by atoms with Crippen LogP contribution in [0.4, 0.5) is 0 Å². The van der Waals surface area contributed by atoms with Crippen molar-refractivity contribution in [3.05, 3.63) is 12.2 Å². The first-order chi connectivity index (χ1) is 13.4. The first kappa shape index (κ1) is 21.4. The van der Waals surface area contributed by atoms with E-state index < -0.39 is 6.10 Å². The number of aliphatic hydroxyl groups excluding tert-OH is 1. The Kier molecular flexibility index (Phi) is 7.19. The molecule has 1 N–H and O–H groups in total. The van der Waals surface area contributed by atoms with Gasteiger partial charge in [-0.2, -0.15) is 0 Å². The molecular weight excluding hydrogens is 356 g/mol. The average molecular weight is 393 g/mol. The summed E-state index contributed by atoms with van der Waals surface area (Å²) in [4.78, 5) is 24.1. The van der Waals surface area contributed by atoms with Crippen LogP contribution < -0.4 is 0 Å². The quantitative estimate of drug-likeness (QED) is 0.546. The third-order valence-electron chi connectivity index (χ3n) is 7.12. The van der Waals surface area contributed by atoms with Crippen LogP contribution in [-0.2, 0) is 19.1 Å². The summed E-state index contributed by atoms with van der Waals surface area (Å²) in [5.41, 5.74) is 0.